The Balaban J connectivity index is 2.01. The van der Waals surface area contributed by atoms with Gasteiger partial charge in [-0.1, -0.05) is 6.07 Å². The average molecular weight is 309 g/mol. The number of carbonyl (C=O) groups excluding carboxylic acids is 1. The molecular formula is C18H19N3O2. The minimum atomic E-state index is -0.430. The highest BCUT2D eigenvalue weighted by Gasteiger charge is 2.25. The predicted molar refractivity (Wildman–Crippen MR) is 89.2 cm³/mol. The lowest BCUT2D eigenvalue weighted by Crippen LogP contribution is -2.05. The molecule has 0 spiro atoms. The van der Waals surface area contributed by atoms with E-state index >= 15 is 0 Å². The van der Waals surface area contributed by atoms with Crippen LogP contribution >= 0.6 is 0 Å². The number of rotatable bonds is 2. The van der Waals surface area contributed by atoms with Gasteiger partial charge in [0, 0.05) is 23.9 Å². The zero-order valence-electron chi connectivity index (χ0n) is 14.0. The molecule has 0 unspecified atom stereocenters. The topological polar surface area (TPSA) is 56.5 Å². The standard InChI is InChI=1S/C18H19N3O2/c1-10-6-7-14(8-11(10)2)17-19-16(18(22)23-17)9-15-12(3)20-21(5)13(15)4/h6-9H,1-5H3. The summed E-state index contributed by atoms with van der Waals surface area (Å²) < 4.78 is 7.12. The molecule has 118 valence electrons. The van der Waals surface area contributed by atoms with E-state index in [0.29, 0.717) is 11.6 Å². The van der Waals surface area contributed by atoms with Gasteiger partial charge in [0.25, 0.3) is 0 Å². The van der Waals surface area contributed by atoms with E-state index in [9.17, 15) is 4.79 Å². The van der Waals surface area contributed by atoms with Crippen LogP contribution in [0.25, 0.3) is 6.08 Å². The lowest BCUT2D eigenvalue weighted by Gasteiger charge is -2.03. The molecule has 0 radical (unpaired) electrons. The molecule has 1 aromatic heterocycles. The molecule has 5 heteroatoms. The molecule has 0 saturated carbocycles. The molecule has 0 amide bonds. The van der Waals surface area contributed by atoms with Gasteiger partial charge >= 0.3 is 5.97 Å². The number of nitrogens with zero attached hydrogens (tertiary/aromatic N) is 3. The number of hydrogen-bond acceptors (Lipinski definition) is 4. The SMILES string of the molecule is Cc1ccc(C2=NC(=Cc3c(C)nn(C)c3C)C(=O)O2)cc1C. The van der Waals surface area contributed by atoms with E-state index in [4.69, 9.17) is 4.74 Å². The second-order valence-corrected chi connectivity index (χ2v) is 5.84. The van der Waals surface area contributed by atoms with Gasteiger partial charge in [-0.15, -0.1) is 0 Å². The van der Waals surface area contributed by atoms with Crippen LogP contribution in [0.1, 0.15) is 33.6 Å². The fourth-order valence-corrected chi connectivity index (χ4v) is 2.54. The van der Waals surface area contributed by atoms with Crippen LogP contribution in [-0.4, -0.2) is 21.6 Å². The highest BCUT2D eigenvalue weighted by molar-refractivity contribution is 6.13. The van der Waals surface area contributed by atoms with Crippen molar-refractivity contribution in [1.82, 2.24) is 9.78 Å². The van der Waals surface area contributed by atoms with Crippen molar-refractivity contribution in [1.29, 1.82) is 0 Å². The molecule has 3 rings (SSSR count). The van der Waals surface area contributed by atoms with Gasteiger partial charge in [-0.25, -0.2) is 9.79 Å². The Kier molecular flexibility index (Phi) is 3.64. The Labute approximate surface area is 135 Å². The first kappa shape index (κ1) is 15.2. The molecule has 2 heterocycles. The summed E-state index contributed by atoms with van der Waals surface area (Å²) in [7, 11) is 1.88. The molecule has 1 aliphatic rings. The summed E-state index contributed by atoms with van der Waals surface area (Å²) in [4.78, 5) is 16.5. The van der Waals surface area contributed by atoms with Crippen LogP contribution in [0.2, 0.25) is 0 Å². The third-order valence-corrected chi connectivity index (χ3v) is 4.22. The van der Waals surface area contributed by atoms with E-state index in [2.05, 4.69) is 10.1 Å². The smallest absolute Gasteiger partial charge is 0.363 e. The summed E-state index contributed by atoms with van der Waals surface area (Å²) in [5.41, 5.74) is 6.19. The molecule has 1 aromatic carbocycles. The monoisotopic (exact) mass is 309 g/mol. The zero-order valence-corrected chi connectivity index (χ0v) is 14.0. The maximum Gasteiger partial charge on any atom is 0.363 e. The van der Waals surface area contributed by atoms with Crippen molar-refractivity contribution in [2.24, 2.45) is 12.0 Å². The van der Waals surface area contributed by atoms with Crippen molar-refractivity contribution in [2.45, 2.75) is 27.7 Å². The van der Waals surface area contributed by atoms with Gasteiger partial charge in [0.15, 0.2) is 5.70 Å². The maximum absolute atomic E-state index is 12.1. The van der Waals surface area contributed by atoms with Crippen LogP contribution < -0.4 is 0 Å². The van der Waals surface area contributed by atoms with Crippen LogP contribution in [0.4, 0.5) is 0 Å². The first-order valence-corrected chi connectivity index (χ1v) is 7.47. The highest BCUT2D eigenvalue weighted by Crippen LogP contribution is 2.23. The molecule has 5 nitrogen and oxygen atoms in total. The van der Waals surface area contributed by atoms with Crippen molar-refractivity contribution in [3.05, 3.63) is 57.5 Å². The number of cyclic esters (lactones) is 1. The summed E-state index contributed by atoms with van der Waals surface area (Å²) >= 11 is 0. The molecule has 0 bridgehead atoms. The number of hydrogen-bond donors (Lipinski definition) is 0. The predicted octanol–water partition coefficient (Wildman–Crippen LogP) is 3.00. The largest absolute Gasteiger partial charge is 0.402 e. The normalized spacial score (nSPS) is 16.0. The minimum Gasteiger partial charge on any atom is -0.402 e. The number of carbonyl (C=O) groups is 1. The lowest BCUT2D eigenvalue weighted by atomic mass is 10.1. The number of aromatic nitrogens is 2. The summed E-state index contributed by atoms with van der Waals surface area (Å²) in [6.07, 6.45) is 1.74. The Morgan fingerprint density at radius 2 is 1.87 bits per heavy atom. The van der Waals surface area contributed by atoms with Gasteiger partial charge in [0.2, 0.25) is 5.90 Å². The highest BCUT2D eigenvalue weighted by atomic mass is 16.6. The first-order valence-electron chi connectivity index (χ1n) is 7.47. The summed E-state index contributed by atoms with van der Waals surface area (Å²) in [5.74, 6) is -0.0792. The third kappa shape index (κ3) is 2.70. The van der Waals surface area contributed by atoms with Gasteiger partial charge in [-0.3, -0.25) is 4.68 Å². The maximum atomic E-state index is 12.1. The van der Waals surface area contributed by atoms with E-state index in [1.165, 1.54) is 5.56 Å². The number of benzene rings is 1. The van der Waals surface area contributed by atoms with E-state index in [0.717, 1.165) is 28.1 Å². The summed E-state index contributed by atoms with van der Waals surface area (Å²) in [5, 5.41) is 4.35. The van der Waals surface area contributed by atoms with E-state index < -0.39 is 5.97 Å². The van der Waals surface area contributed by atoms with Crippen molar-refractivity contribution in [3.63, 3.8) is 0 Å². The van der Waals surface area contributed by atoms with E-state index in [-0.39, 0.29) is 0 Å². The van der Waals surface area contributed by atoms with E-state index in [1.807, 2.05) is 52.9 Å². The molecule has 0 fully saturated rings. The third-order valence-electron chi connectivity index (χ3n) is 4.22. The molecular weight excluding hydrogens is 290 g/mol. The van der Waals surface area contributed by atoms with Crippen molar-refractivity contribution in [3.8, 4) is 0 Å². The Bertz CT molecular complexity index is 873. The summed E-state index contributed by atoms with van der Waals surface area (Å²) in [6, 6.07) is 5.89. The van der Waals surface area contributed by atoms with Crippen molar-refractivity contribution >= 4 is 17.9 Å². The lowest BCUT2D eigenvalue weighted by molar-refractivity contribution is -0.129. The average Bonchev–Trinajstić information content (AvgIpc) is 2.97. The Morgan fingerprint density at radius 3 is 2.48 bits per heavy atom. The molecule has 0 N–H and O–H groups in total. The van der Waals surface area contributed by atoms with Gasteiger partial charge in [-0.2, -0.15) is 5.10 Å². The fourth-order valence-electron chi connectivity index (χ4n) is 2.54. The van der Waals surface area contributed by atoms with Crippen LogP contribution in [0.15, 0.2) is 28.9 Å². The minimum absolute atomic E-state index is 0.303. The van der Waals surface area contributed by atoms with Gasteiger partial charge in [0.05, 0.1) is 5.69 Å². The number of aliphatic imine (C=N–C) groups is 1. The van der Waals surface area contributed by atoms with Crippen molar-refractivity contribution < 1.29 is 9.53 Å². The zero-order chi connectivity index (χ0) is 16.7. The molecule has 0 aliphatic carbocycles. The van der Waals surface area contributed by atoms with Crippen LogP contribution in [0, 0.1) is 27.7 Å². The quantitative estimate of drug-likeness (QED) is 0.633. The number of aryl methyl sites for hydroxylation is 4. The Hall–Kier alpha value is -2.69. The van der Waals surface area contributed by atoms with Crippen molar-refractivity contribution in [2.75, 3.05) is 0 Å². The van der Waals surface area contributed by atoms with Gasteiger partial charge < -0.3 is 4.74 Å². The first-order chi connectivity index (χ1) is 10.9. The second kappa shape index (κ2) is 5.50. The number of esters is 1. The molecule has 0 atom stereocenters. The molecule has 0 saturated heterocycles. The Morgan fingerprint density at radius 1 is 1.13 bits per heavy atom. The molecule has 1 aliphatic heterocycles. The van der Waals surface area contributed by atoms with E-state index in [1.54, 1.807) is 10.8 Å². The van der Waals surface area contributed by atoms with Crippen LogP contribution in [0.3, 0.4) is 0 Å². The number of ether oxygens (including phenoxy) is 1. The second-order valence-electron chi connectivity index (χ2n) is 5.84. The van der Waals surface area contributed by atoms with Gasteiger partial charge in [-0.05, 0) is 57.0 Å². The van der Waals surface area contributed by atoms with Crippen LogP contribution in [0.5, 0.6) is 0 Å². The molecule has 2 aromatic rings. The summed E-state index contributed by atoms with van der Waals surface area (Å²) in [6.45, 7) is 7.93. The van der Waals surface area contributed by atoms with Crippen LogP contribution in [-0.2, 0) is 16.6 Å². The fraction of sp³-hybridized carbons (Fsp3) is 0.278. The van der Waals surface area contributed by atoms with Gasteiger partial charge in [0.1, 0.15) is 0 Å². The molecule has 23 heavy (non-hydrogen) atoms.